The van der Waals surface area contributed by atoms with E-state index in [-0.39, 0.29) is 21.9 Å². The summed E-state index contributed by atoms with van der Waals surface area (Å²) in [6, 6.07) is 26.6. The summed E-state index contributed by atoms with van der Waals surface area (Å²) in [7, 11) is -3.99. The number of hydrogen-bond donors (Lipinski definition) is 3. The molecule has 1 aliphatic heterocycles. The molecule has 8 nitrogen and oxygen atoms in total. The summed E-state index contributed by atoms with van der Waals surface area (Å²) in [6.07, 6.45) is 1.66. The predicted octanol–water partition coefficient (Wildman–Crippen LogP) is 5.25. The average molecular weight is 607 g/mol. The molecule has 1 aliphatic rings. The maximum absolute atomic E-state index is 13.0. The van der Waals surface area contributed by atoms with E-state index in [9.17, 15) is 23.1 Å². The lowest BCUT2D eigenvalue weighted by atomic mass is 10.0. The zero-order chi connectivity index (χ0) is 29.0. The first-order valence-electron chi connectivity index (χ1n) is 12.6. The Balaban J connectivity index is 1.25. The van der Waals surface area contributed by atoms with Crippen molar-refractivity contribution < 1.29 is 27.5 Å². The summed E-state index contributed by atoms with van der Waals surface area (Å²) >= 11 is 5.93. The molecule has 4 aromatic rings. The highest BCUT2D eigenvalue weighted by Gasteiger charge is 2.34. The standard InChI is InChI=1S/C30H26N2O6S3/c33-28-27(40-30(39)32(28)19-21-7-3-1-4-8-21)18-23-15-16-26(38-23)22-13-11-20(12-14-22)17-25(29(34)35)31-41(36,37)24-9-5-2-6-10-24/h1-16,18,25,30-31,39H,17,19H2,(H,34,35)/b27-18-/t25-,30-/m0/s1. The number of carbonyl (C=O) groups excluding carboxylic acids is 1. The molecule has 210 valence electrons. The number of carboxylic acids is 1. The molecule has 0 saturated carbocycles. The van der Waals surface area contributed by atoms with E-state index >= 15 is 0 Å². The van der Waals surface area contributed by atoms with Gasteiger partial charge in [-0.1, -0.05) is 84.6 Å². The average Bonchev–Trinajstić information content (AvgIpc) is 3.54. The predicted molar refractivity (Wildman–Crippen MR) is 161 cm³/mol. The number of nitrogens with zero attached hydrogens (tertiary/aromatic N) is 1. The Morgan fingerprint density at radius 3 is 2.29 bits per heavy atom. The molecule has 5 rings (SSSR count). The van der Waals surface area contributed by atoms with Crippen LogP contribution in [-0.2, 0) is 32.6 Å². The zero-order valence-corrected chi connectivity index (χ0v) is 24.1. The zero-order valence-electron chi connectivity index (χ0n) is 21.6. The molecule has 1 fully saturated rings. The number of thioether (sulfide) groups is 1. The van der Waals surface area contributed by atoms with Crippen LogP contribution in [0.1, 0.15) is 16.9 Å². The summed E-state index contributed by atoms with van der Waals surface area (Å²) in [6.45, 7) is 0.463. The molecule has 0 unspecified atom stereocenters. The summed E-state index contributed by atoms with van der Waals surface area (Å²) < 4.78 is 33.2. The van der Waals surface area contributed by atoms with Crippen LogP contribution in [-0.4, -0.2) is 41.0 Å². The Kier molecular flexibility index (Phi) is 8.69. The number of carbonyl (C=O) groups is 2. The Bertz CT molecular complexity index is 1670. The molecule has 2 N–H and O–H groups in total. The molecular formula is C30H26N2O6S3. The maximum atomic E-state index is 13.0. The van der Waals surface area contributed by atoms with Gasteiger partial charge in [0.25, 0.3) is 5.91 Å². The third-order valence-electron chi connectivity index (χ3n) is 6.39. The highest BCUT2D eigenvalue weighted by molar-refractivity contribution is 8.14. The molecule has 0 bridgehead atoms. The van der Waals surface area contributed by atoms with Gasteiger partial charge in [0.2, 0.25) is 10.0 Å². The van der Waals surface area contributed by atoms with Crippen molar-refractivity contribution in [3.63, 3.8) is 0 Å². The van der Waals surface area contributed by atoms with Crippen LogP contribution in [0.25, 0.3) is 17.4 Å². The second kappa shape index (κ2) is 12.4. The Morgan fingerprint density at radius 1 is 0.976 bits per heavy atom. The van der Waals surface area contributed by atoms with Crippen LogP contribution < -0.4 is 4.72 Å². The summed E-state index contributed by atoms with van der Waals surface area (Å²) in [4.78, 5) is 27.1. The number of carboxylic acid groups (broad SMARTS) is 1. The lowest BCUT2D eigenvalue weighted by molar-refractivity contribution is -0.139. The minimum absolute atomic E-state index is 0.00307. The van der Waals surface area contributed by atoms with E-state index in [2.05, 4.69) is 17.4 Å². The Morgan fingerprint density at radius 2 is 1.63 bits per heavy atom. The van der Waals surface area contributed by atoms with Crippen LogP contribution in [0, 0.1) is 0 Å². The van der Waals surface area contributed by atoms with Gasteiger partial charge in [-0.05, 0) is 41.8 Å². The lowest BCUT2D eigenvalue weighted by Gasteiger charge is -2.19. The molecule has 3 aromatic carbocycles. The second-order valence-corrected chi connectivity index (χ2v) is 13.0. The molecule has 1 saturated heterocycles. The number of amides is 1. The van der Waals surface area contributed by atoms with Crippen LogP contribution in [0.4, 0.5) is 0 Å². The first-order valence-corrected chi connectivity index (χ1v) is 15.5. The van der Waals surface area contributed by atoms with E-state index in [1.807, 2.05) is 30.3 Å². The van der Waals surface area contributed by atoms with Crippen molar-refractivity contribution in [2.24, 2.45) is 0 Å². The number of benzene rings is 3. The summed E-state index contributed by atoms with van der Waals surface area (Å²) in [5.41, 5.74) is 2.41. The Labute approximate surface area is 247 Å². The van der Waals surface area contributed by atoms with Gasteiger partial charge in [-0.2, -0.15) is 4.72 Å². The molecular weight excluding hydrogens is 581 g/mol. The number of sulfonamides is 1. The number of furan rings is 1. The van der Waals surface area contributed by atoms with E-state index < -0.39 is 22.0 Å². The normalized spacial score (nSPS) is 17.2. The fourth-order valence-electron chi connectivity index (χ4n) is 4.29. The van der Waals surface area contributed by atoms with Gasteiger partial charge in [-0.25, -0.2) is 8.42 Å². The highest BCUT2D eigenvalue weighted by Crippen LogP contribution is 2.39. The van der Waals surface area contributed by atoms with Crippen molar-refractivity contribution in [3.8, 4) is 11.3 Å². The van der Waals surface area contributed by atoms with Crippen molar-refractivity contribution in [2.75, 3.05) is 0 Å². The summed E-state index contributed by atoms with van der Waals surface area (Å²) in [5, 5.41) is 9.64. The minimum Gasteiger partial charge on any atom is -0.480 e. The quantitative estimate of drug-likeness (QED) is 0.167. The molecule has 1 amide bonds. The smallest absolute Gasteiger partial charge is 0.322 e. The number of rotatable bonds is 10. The van der Waals surface area contributed by atoms with Crippen LogP contribution in [0.5, 0.6) is 0 Å². The van der Waals surface area contributed by atoms with Gasteiger partial charge in [-0.3, -0.25) is 9.59 Å². The molecule has 0 aliphatic carbocycles. The van der Waals surface area contributed by atoms with Crippen molar-refractivity contribution in [1.82, 2.24) is 9.62 Å². The van der Waals surface area contributed by atoms with Crippen molar-refractivity contribution >= 4 is 52.4 Å². The molecule has 11 heteroatoms. The van der Waals surface area contributed by atoms with Gasteiger partial charge >= 0.3 is 5.97 Å². The number of nitrogens with one attached hydrogen (secondary N) is 1. The van der Waals surface area contributed by atoms with E-state index in [4.69, 9.17) is 4.42 Å². The van der Waals surface area contributed by atoms with Crippen molar-refractivity contribution in [2.45, 2.75) is 28.6 Å². The molecule has 2 atom stereocenters. The van der Waals surface area contributed by atoms with Gasteiger partial charge < -0.3 is 14.4 Å². The lowest BCUT2D eigenvalue weighted by Crippen LogP contribution is -2.42. The summed E-state index contributed by atoms with van der Waals surface area (Å²) in [5.74, 6) is -0.301. The monoisotopic (exact) mass is 606 g/mol. The topological polar surface area (TPSA) is 117 Å². The molecule has 1 aromatic heterocycles. The molecule has 0 radical (unpaired) electrons. The largest absolute Gasteiger partial charge is 0.480 e. The van der Waals surface area contributed by atoms with E-state index in [1.54, 1.807) is 65.6 Å². The fourth-order valence-corrected chi connectivity index (χ4v) is 6.95. The SMILES string of the molecule is O=C(O)[C@H](Cc1ccc(-c2ccc(/C=C3\S[C@H](S)N(Cc4ccccc4)C3=O)o2)cc1)NS(=O)(=O)c1ccccc1. The van der Waals surface area contributed by atoms with Crippen LogP contribution in [0.3, 0.4) is 0 Å². The van der Waals surface area contributed by atoms with Gasteiger partial charge in [0.1, 0.15) is 22.3 Å². The third-order valence-corrected chi connectivity index (χ3v) is 9.49. The number of thiol groups is 1. The van der Waals surface area contributed by atoms with Crippen molar-refractivity contribution in [1.29, 1.82) is 0 Å². The third kappa shape index (κ3) is 6.94. The van der Waals surface area contributed by atoms with Gasteiger partial charge in [0.15, 0.2) is 0 Å². The maximum Gasteiger partial charge on any atom is 0.322 e. The van der Waals surface area contributed by atoms with E-state index in [0.717, 1.165) is 11.1 Å². The van der Waals surface area contributed by atoms with Crippen LogP contribution in [0.2, 0.25) is 0 Å². The Hall–Kier alpha value is -3.77. The fraction of sp³-hybridized carbons (Fsp3) is 0.133. The second-order valence-electron chi connectivity index (χ2n) is 9.30. The van der Waals surface area contributed by atoms with Gasteiger partial charge in [0, 0.05) is 18.2 Å². The van der Waals surface area contributed by atoms with Crippen LogP contribution >= 0.6 is 24.4 Å². The van der Waals surface area contributed by atoms with E-state index in [0.29, 0.717) is 28.5 Å². The molecule has 2 heterocycles. The van der Waals surface area contributed by atoms with Gasteiger partial charge in [-0.15, -0.1) is 12.6 Å². The van der Waals surface area contributed by atoms with Crippen LogP contribution in [0.15, 0.2) is 111 Å². The number of aliphatic carboxylic acids is 1. The first kappa shape index (κ1) is 28.7. The number of hydrogen-bond acceptors (Lipinski definition) is 7. The minimum atomic E-state index is -3.99. The molecule has 0 spiro atoms. The van der Waals surface area contributed by atoms with Gasteiger partial charge in [0.05, 0.1) is 9.80 Å². The molecule has 41 heavy (non-hydrogen) atoms. The highest BCUT2D eigenvalue weighted by atomic mass is 32.2. The van der Waals surface area contributed by atoms with Crippen molar-refractivity contribution in [3.05, 3.63) is 119 Å². The van der Waals surface area contributed by atoms with E-state index in [1.165, 1.54) is 23.9 Å². The first-order chi connectivity index (χ1) is 19.7.